The highest BCUT2D eigenvalue weighted by atomic mass is 15.0. The zero-order chi connectivity index (χ0) is 23.8. The van der Waals surface area contributed by atoms with Crippen LogP contribution < -0.4 is 0 Å². The van der Waals surface area contributed by atoms with Crippen molar-refractivity contribution in [2.45, 2.75) is 26.2 Å². The molecule has 2 aliphatic rings. The first-order valence-electron chi connectivity index (χ1n) is 12.0. The SMILES string of the molecule is Cc1ccc2c(c1)c1c(n2-c2ccc(C#N)cc2C2=CC=CCC2)C#CCC(c2ccccc2)=C1. The molecule has 4 aromatic rings. The quantitative estimate of drug-likeness (QED) is 0.293. The molecule has 0 amide bonds. The Morgan fingerprint density at radius 2 is 1.86 bits per heavy atom. The van der Waals surface area contributed by atoms with E-state index in [9.17, 15) is 5.26 Å². The number of nitriles is 1. The minimum absolute atomic E-state index is 0.676. The lowest BCUT2D eigenvalue weighted by Gasteiger charge is -2.18. The lowest BCUT2D eigenvalue weighted by molar-refractivity contribution is 1.03. The van der Waals surface area contributed by atoms with Gasteiger partial charge in [0.2, 0.25) is 0 Å². The standard InChI is InChI=1S/C33H24N2/c1-23-15-17-33-29(19-23)30-21-27(25-9-4-2-5-10-25)13-8-14-31(30)35(33)32-18-16-24(22-34)20-28(32)26-11-6-3-7-12-26/h2-6,9-11,15-21H,7,12-13H2,1H3. The molecule has 166 valence electrons. The Kier molecular flexibility index (Phi) is 5.21. The van der Waals surface area contributed by atoms with E-state index < -0.39 is 0 Å². The number of hydrogen-bond acceptors (Lipinski definition) is 1. The first-order valence-corrected chi connectivity index (χ1v) is 12.0. The maximum Gasteiger partial charge on any atom is 0.105 e. The van der Waals surface area contributed by atoms with E-state index in [0.717, 1.165) is 35.3 Å². The summed E-state index contributed by atoms with van der Waals surface area (Å²) in [5.41, 5.74) is 11.1. The first kappa shape index (κ1) is 21.0. The Labute approximate surface area is 206 Å². The van der Waals surface area contributed by atoms with E-state index in [1.54, 1.807) is 0 Å². The largest absolute Gasteiger partial charge is 0.301 e. The minimum Gasteiger partial charge on any atom is -0.301 e. The topological polar surface area (TPSA) is 28.7 Å². The summed E-state index contributed by atoms with van der Waals surface area (Å²) in [5, 5.41) is 10.8. The third kappa shape index (κ3) is 3.71. The van der Waals surface area contributed by atoms with Crippen LogP contribution in [-0.4, -0.2) is 4.57 Å². The minimum atomic E-state index is 0.676. The van der Waals surface area contributed by atoms with Crippen molar-refractivity contribution in [2.75, 3.05) is 0 Å². The molecule has 1 aromatic heterocycles. The maximum absolute atomic E-state index is 9.63. The summed E-state index contributed by atoms with van der Waals surface area (Å²) in [6.07, 6.45) is 11.5. The molecule has 0 aliphatic heterocycles. The fraction of sp³-hybridized carbons (Fsp3) is 0.121. The normalized spacial score (nSPS) is 14.3. The fourth-order valence-electron chi connectivity index (χ4n) is 5.12. The zero-order valence-corrected chi connectivity index (χ0v) is 19.7. The molecule has 35 heavy (non-hydrogen) atoms. The van der Waals surface area contributed by atoms with Gasteiger partial charge >= 0.3 is 0 Å². The van der Waals surface area contributed by atoms with Crippen LogP contribution in [0.5, 0.6) is 0 Å². The van der Waals surface area contributed by atoms with Gasteiger partial charge in [-0.2, -0.15) is 5.26 Å². The number of fused-ring (bicyclic) bond motifs is 3. The van der Waals surface area contributed by atoms with Crippen LogP contribution in [0.2, 0.25) is 0 Å². The summed E-state index contributed by atoms with van der Waals surface area (Å²) in [4.78, 5) is 0. The van der Waals surface area contributed by atoms with Gasteiger partial charge in [-0.3, -0.25) is 0 Å². The molecule has 0 spiro atoms. The van der Waals surface area contributed by atoms with Gasteiger partial charge in [0.05, 0.1) is 22.8 Å². The van der Waals surface area contributed by atoms with E-state index in [1.807, 2.05) is 12.1 Å². The van der Waals surface area contributed by atoms with Crippen LogP contribution in [0.15, 0.2) is 85.0 Å². The van der Waals surface area contributed by atoms with Gasteiger partial charge in [-0.25, -0.2) is 0 Å². The monoisotopic (exact) mass is 448 g/mol. The van der Waals surface area contributed by atoms with E-state index in [2.05, 4.69) is 108 Å². The van der Waals surface area contributed by atoms with E-state index >= 15 is 0 Å². The number of benzene rings is 3. The highest BCUT2D eigenvalue weighted by Gasteiger charge is 2.21. The average Bonchev–Trinajstić information content (AvgIpc) is 3.05. The molecule has 2 nitrogen and oxygen atoms in total. The van der Waals surface area contributed by atoms with E-state index in [-0.39, 0.29) is 0 Å². The van der Waals surface area contributed by atoms with Crippen LogP contribution in [0, 0.1) is 30.1 Å². The number of hydrogen-bond donors (Lipinski definition) is 0. The number of aromatic nitrogens is 1. The van der Waals surface area contributed by atoms with Gasteiger partial charge in [-0.1, -0.05) is 66.1 Å². The molecule has 0 N–H and O–H groups in total. The van der Waals surface area contributed by atoms with Crippen molar-refractivity contribution in [2.24, 2.45) is 0 Å². The molecule has 6 rings (SSSR count). The second-order valence-corrected chi connectivity index (χ2v) is 9.13. The molecule has 1 heterocycles. The average molecular weight is 449 g/mol. The van der Waals surface area contributed by atoms with Crippen molar-refractivity contribution in [3.05, 3.63) is 118 Å². The van der Waals surface area contributed by atoms with Gasteiger partial charge in [-0.15, -0.1) is 0 Å². The van der Waals surface area contributed by atoms with Crippen molar-refractivity contribution >= 4 is 28.1 Å². The first-order chi connectivity index (χ1) is 17.2. The summed E-state index contributed by atoms with van der Waals surface area (Å²) in [5.74, 6) is 6.96. The predicted octanol–water partition coefficient (Wildman–Crippen LogP) is 7.84. The second kappa shape index (κ2) is 8.68. The van der Waals surface area contributed by atoms with Gasteiger partial charge in [-0.05, 0) is 78.8 Å². The molecule has 0 radical (unpaired) electrons. The maximum atomic E-state index is 9.63. The Morgan fingerprint density at radius 3 is 2.66 bits per heavy atom. The van der Waals surface area contributed by atoms with E-state index in [1.165, 1.54) is 33.2 Å². The fourth-order valence-corrected chi connectivity index (χ4v) is 5.12. The molecular weight excluding hydrogens is 424 g/mol. The second-order valence-electron chi connectivity index (χ2n) is 9.13. The number of allylic oxidation sites excluding steroid dienone is 5. The van der Waals surface area contributed by atoms with Gasteiger partial charge in [0.15, 0.2) is 0 Å². The summed E-state index contributed by atoms with van der Waals surface area (Å²) < 4.78 is 2.30. The van der Waals surface area contributed by atoms with Crippen LogP contribution in [-0.2, 0) is 0 Å². The van der Waals surface area contributed by atoms with Crippen LogP contribution in [0.4, 0.5) is 0 Å². The lowest BCUT2D eigenvalue weighted by atomic mass is 9.94. The van der Waals surface area contributed by atoms with Crippen LogP contribution >= 0.6 is 0 Å². The molecular formula is C33H24N2. The molecule has 0 bridgehead atoms. The van der Waals surface area contributed by atoms with Crippen LogP contribution in [0.3, 0.4) is 0 Å². The van der Waals surface area contributed by atoms with Gasteiger partial charge in [0.1, 0.15) is 5.69 Å². The summed E-state index contributed by atoms with van der Waals surface area (Å²) >= 11 is 0. The van der Waals surface area contributed by atoms with Gasteiger partial charge < -0.3 is 4.57 Å². The highest BCUT2D eigenvalue weighted by Crippen LogP contribution is 2.38. The summed E-state index contributed by atoms with van der Waals surface area (Å²) in [6, 6.07) is 25.5. The van der Waals surface area contributed by atoms with Gasteiger partial charge in [0, 0.05) is 22.9 Å². The van der Waals surface area contributed by atoms with Crippen molar-refractivity contribution in [3.8, 4) is 23.6 Å². The molecule has 0 fully saturated rings. The van der Waals surface area contributed by atoms with Crippen molar-refractivity contribution in [3.63, 3.8) is 0 Å². The van der Waals surface area contributed by atoms with E-state index in [4.69, 9.17) is 0 Å². The molecule has 3 aromatic carbocycles. The van der Waals surface area contributed by atoms with E-state index in [0.29, 0.717) is 12.0 Å². The van der Waals surface area contributed by atoms with Crippen LogP contribution in [0.1, 0.15) is 52.8 Å². The Bertz CT molecular complexity index is 1670. The summed E-state index contributed by atoms with van der Waals surface area (Å²) in [6.45, 7) is 2.14. The summed E-state index contributed by atoms with van der Waals surface area (Å²) in [7, 11) is 0. The number of rotatable bonds is 3. The molecule has 0 unspecified atom stereocenters. The smallest absolute Gasteiger partial charge is 0.105 e. The van der Waals surface area contributed by atoms with Crippen LogP contribution in [0.25, 0.3) is 33.8 Å². The van der Waals surface area contributed by atoms with Crippen molar-refractivity contribution < 1.29 is 0 Å². The Morgan fingerprint density at radius 1 is 0.971 bits per heavy atom. The molecule has 0 saturated carbocycles. The Balaban J connectivity index is 1.67. The molecule has 0 saturated heterocycles. The zero-order valence-electron chi connectivity index (χ0n) is 19.7. The lowest BCUT2D eigenvalue weighted by Crippen LogP contribution is -2.03. The van der Waals surface area contributed by atoms with Crippen molar-refractivity contribution in [1.29, 1.82) is 5.26 Å². The molecule has 0 atom stereocenters. The molecule has 2 aliphatic carbocycles. The third-order valence-corrected chi connectivity index (χ3v) is 6.84. The predicted molar refractivity (Wildman–Crippen MR) is 145 cm³/mol. The highest BCUT2D eigenvalue weighted by molar-refractivity contribution is 6.00. The Hall–Kier alpha value is -4.53. The van der Waals surface area contributed by atoms with Crippen molar-refractivity contribution in [1.82, 2.24) is 4.57 Å². The third-order valence-electron chi connectivity index (χ3n) is 6.84. The number of nitrogens with zero attached hydrogens (tertiary/aromatic N) is 2. The number of aryl methyl sites for hydroxylation is 1. The van der Waals surface area contributed by atoms with Gasteiger partial charge in [0.25, 0.3) is 0 Å². The molecule has 2 heteroatoms.